The van der Waals surface area contributed by atoms with E-state index in [-0.39, 0.29) is 0 Å². The van der Waals surface area contributed by atoms with E-state index in [1.165, 1.54) is 60.5 Å². The van der Waals surface area contributed by atoms with Crippen molar-refractivity contribution in [1.82, 2.24) is 20.1 Å². The third-order valence-electron chi connectivity index (χ3n) is 5.68. The Morgan fingerprint density at radius 2 is 1.80 bits per heavy atom. The molecule has 0 N–H and O–H groups in total. The molecule has 25 heavy (non-hydrogen) atoms. The summed E-state index contributed by atoms with van der Waals surface area (Å²) in [7, 11) is 0. The van der Waals surface area contributed by atoms with E-state index in [1.54, 1.807) is 4.88 Å². The van der Waals surface area contributed by atoms with Gasteiger partial charge in [0.25, 0.3) is 0 Å². The molecule has 4 heterocycles. The Morgan fingerprint density at radius 1 is 0.920 bits per heavy atom. The molecule has 0 bridgehead atoms. The molecule has 6 heteroatoms. The maximum Gasteiger partial charge on any atom is 0.151 e. The van der Waals surface area contributed by atoms with Crippen molar-refractivity contribution in [2.24, 2.45) is 0 Å². The summed E-state index contributed by atoms with van der Waals surface area (Å²) in [4.78, 5) is 11.4. The first-order valence-electron chi connectivity index (χ1n) is 9.65. The van der Waals surface area contributed by atoms with Gasteiger partial charge in [-0.25, -0.2) is 4.98 Å². The second-order valence-electron chi connectivity index (χ2n) is 7.51. The summed E-state index contributed by atoms with van der Waals surface area (Å²) in [5.41, 5.74) is 3.94. The van der Waals surface area contributed by atoms with E-state index in [0.717, 1.165) is 45.0 Å². The van der Waals surface area contributed by atoms with Crippen LogP contribution in [-0.4, -0.2) is 39.7 Å². The minimum absolute atomic E-state index is 0.982. The number of anilines is 1. The predicted octanol–water partition coefficient (Wildman–Crippen LogP) is 2.97. The summed E-state index contributed by atoms with van der Waals surface area (Å²) in [6, 6.07) is 2.28. The number of fused-ring (bicyclic) bond motifs is 2. The van der Waals surface area contributed by atoms with Gasteiger partial charge >= 0.3 is 0 Å². The van der Waals surface area contributed by atoms with E-state index >= 15 is 0 Å². The summed E-state index contributed by atoms with van der Waals surface area (Å²) < 4.78 is 0. The number of nitrogens with zero attached hydrogens (tertiary/aromatic N) is 5. The van der Waals surface area contributed by atoms with Gasteiger partial charge in [0.05, 0.1) is 17.9 Å². The van der Waals surface area contributed by atoms with Crippen LogP contribution in [0.4, 0.5) is 5.82 Å². The van der Waals surface area contributed by atoms with Crippen molar-refractivity contribution in [3.8, 4) is 0 Å². The zero-order valence-electron chi connectivity index (χ0n) is 14.7. The molecule has 1 fully saturated rings. The molecule has 2 aromatic rings. The highest BCUT2D eigenvalue weighted by molar-refractivity contribution is 7.11. The third kappa shape index (κ3) is 3.17. The summed E-state index contributed by atoms with van der Waals surface area (Å²) in [6.07, 6.45) is 8.63. The van der Waals surface area contributed by atoms with Crippen molar-refractivity contribution in [3.05, 3.63) is 32.9 Å². The van der Waals surface area contributed by atoms with Gasteiger partial charge in [0.15, 0.2) is 5.82 Å². The standard InChI is InChI=1S/C19H25N5S/c1-2-6-17-16(5-1)20-19(25-17)13-23-10-7-15-14(12-23)11-18(22-21-15)24-8-3-4-9-24/h11H,1-10,12-13H2. The van der Waals surface area contributed by atoms with Gasteiger partial charge in [-0.15, -0.1) is 16.4 Å². The van der Waals surface area contributed by atoms with E-state index in [4.69, 9.17) is 4.98 Å². The van der Waals surface area contributed by atoms with Crippen LogP contribution in [0.2, 0.25) is 0 Å². The topological polar surface area (TPSA) is 45.2 Å². The molecule has 0 aromatic carbocycles. The first-order chi connectivity index (χ1) is 12.3. The van der Waals surface area contributed by atoms with Crippen LogP contribution in [0.15, 0.2) is 6.07 Å². The smallest absolute Gasteiger partial charge is 0.151 e. The number of aryl methyl sites for hydroxylation is 2. The molecule has 5 rings (SSSR count). The van der Waals surface area contributed by atoms with Gasteiger partial charge in [0, 0.05) is 37.5 Å². The average Bonchev–Trinajstić information content (AvgIpc) is 3.30. The molecule has 0 atom stereocenters. The summed E-state index contributed by atoms with van der Waals surface area (Å²) in [6.45, 7) is 5.28. The molecular weight excluding hydrogens is 330 g/mol. The molecule has 132 valence electrons. The minimum Gasteiger partial charge on any atom is -0.355 e. The van der Waals surface area contributed by atoms with Gasteiger partial charge in [0.2, 0.25) is 0 Å². The summed E-state index contributed by atoms with van der Waals surface area (Å²) >= 11 is 1.94. The lowest BCUT2D eigenvalue weighted by Gasteiger charge is -2.28. The molecule has 5 nitrogen and oxygen atoms in total. The molecule has 0 saturated carbocycles. The van der Waals surface area contributed by atoms with Gasteiger partial charge in [-0.1, -0.05) is 0 Å². The van der Waals surface area contributed by atoms with Gasteiger partial charge in [-0.05, 0) is 50.2 Å². The van der Waals surface area contributed by atoms with Gasteiger partial charge < -0.3 is 4.90 Å². The Morgan fingerprint density at radius 3 is 2.68 bits per heavy atom. The highest BCUT2D eigenvalue weighted by atomic mass is 32.1. The summed E-state index contributed by atoms with van der Waals surface area (Å²) in [5.74, 6) is 1.07. The second kappa shape index (κ2) is 6.65. The lowest BCUT2D eigenvalue weighted by molar-refractivity contribution is 0.242. The fraction of sp³-hybridized carbons (Fsp3) is 0.632. The molecule has 0 spiro atoms. The number of thiazole rings is 1. The van der Waals surface area contributed by atoms with Crippen LogP contribution in [-0.2, 0) is 32.4 Å². The van der Waals surface area contributed by atoms with Gasteiger partial charge in [-0.3, -0.25) is 4.90 Å². The number of hydrogen-bond acceptors (Lipinski definition) is 6. The van der Waals surface area contributed by atoms with E-state index in [0.29, 0.717) is 0 Å². The van der Waals surface area contributed by atoms with Crippen molar-refractivity contribution in [2.45, 2.75) is 58.0 Å². The van der Waals surface area contributed by atoms with Crippen LogP contribution in [0, 0.1) is 0 Å². The van der Waals surface area contributed by atoms with Gasteiger partial charge in [-0.2, -0.15) is 5.10 Å². The van der Waals surface area contributed by atoms with Crippen molar-refractivity contribution >= 4 is 17.2 Å². The lowest BCUT2D eigenvalue weighted by atomic mass is 10.0. The Bertz CT molecular complexity index is 742. The largest absolute Gasteiger partial charge is 0.355 e. The summed E-state index contributed by atoms with van der Waals surface area (Å²) in [5, 5.41) is 10.3. The Hall–Kier alpha value is -1.53. The second-order valence-corrected chi connectivity index (χ2v) is 8.68. The van der Waals surface area contributed by atoms with Crippen LogP contribution < -0.4 is 4.90 Å². The van der Waals surface area contributed by atoms with E-state index in [9.17, 15) is 0 Å². The molecule has 0 unspecified atom stereocenters. The van der Waals surface area contributed by atoms with Crippen molar-refractivity contribution in [1.29, 1.82) is 0 Å². The predicted molar refractivity (Wildman–Crippen MR) is 100 cm³/mol. The average molecular weight is 356 g/mol. The molecule has 0 amide bonds. The quantitative estimate of drug-likeness (QED) is 0.847. The molecular formula is C19H25N5S. The van der Waals surface area contributed by atoms with Crippen LogP contribution >= 0.6 is 11.3 Å². The van der Waals surface area contributed by atoms with Crippen molar-refractivity contribution in [2.75, 3.05) is 24.5 Å². The number of hydrogen-bond donors (Lipinski definition) is 0. The zero-order valence-corrected chi connectivity index (χ0v) is 15.5. The fourth-order valence-corrected chi connectivity index (χ4v) is 5.47. The van der Waals surface area contributed by atoms with E-state index < -0.39 is 0 Å². The highest BCUT2D eigenvalue weighted by Gasteiger charge is 2.23. The van der Waals surface area contributed by atoms with E-state index in [1.807, 2.05) is 11.3 Å². The van der Waals surface area contributed by atoms with Crippen molar-refractivity contribution in [3.63, 3.8) is 0 Å². The lowest BCUT2D eigenvalue weighted by Crippen LogP contribution is -2.31. The maximum atomic E-state index is 4.92. The number of aromatic nitrogens is 3. The van der Waals surface area contributed by atoms with Crippen LogP contribution in [0.1, 0.15) is 52.5 Å². The molecule has 1 aliphatic carbocycles. The zero-order chi connectivity index (χ0) is 16.6. The Balaban J connectivity index is 1.31. The normalized spacial score (nSPS) is 20.6. The minimum atomic E-state index is 0.982. The molecule has 0 radical (unpaired) electrons. The SMILES string of the molecule is c1c(N2CCCC2)nnc2c1CN(Cc1nc3c(s1)CCCC3)CC2. The molecule has 1 saturated heterocycles. The molecule has 2 aliphatic heterocycles. The Kier molecular flexibility index (Phi) is 4.18. The van der Waals surface area contributed by atoms with Gasteiger partial charge in [0.1, 0.15) is 5.01 Å². The van der Waals surface area contributed by atoms with Crippen LogP contribution in [0.5, 0.6) is 0 Å². The Labute approximate surface area is 153 Å². The van der Waals surface area contributed by atoms with Crippen LogP contribution in [0.25, 0.3) is 0 Å². The fourth-order valence-electron chi connectivity index (χ4n) is 4.28. The molecule has 3 aliphatic rings. The third-order valence-corrected chi connectivity index (χ3v) is 6.83. The molecule has 2 aromatic heterocycles. The number of rotatable bonds is 3. The maximum absolute atomic E-state index is 4.92. The van der Waals surface area contributed by atoms with Crippen molar-refractivity contribution < 1.29 is 0 Å². The highest BCUT2D eigenvalue weighted by Crippen LogP contribution is 2.29. The monoisotopic (exact) mass is 355 g/mol. The first kappa shape index (κ1) is 15.7. The first-order valence-corrected chi connectivity index (χ1v) is 10.5. The van der Waals surface area contributed by atoms with Crippen LogP contribution in [0.3, 0.4) is 0 Å². The van der Waals surface area contributed by atoms with E-state index in [2.05, 4.69) is 26.1 Å².